The Hall–Kier alpha value is -1.74. The van der Waals surface area contributed by atoms with E-state index in [2.05, 4.69) is 55.6 Å². The molecule has 0 aliphatic carbocycles. The van der Waals surface area contributed by atoms with Crippen LogP contribution in [-0.2, 0) is 14.9 Å². The minimum Gasteiger partial charge on any atom is -0.387 e. The molecule has 0 spiro atoms. The van der Waals surface area contributed by atoms with E-state index in [1.807, 2.05) is 0 Å². The van der Waals surface area contributed by atoms with Crippen molar-refractivity contribution in [3.05, 3.63) is 48.6 Å². The number of amides is 1. The van der Waals surface area contributed by atoms with E-state index in [1.165, 1.54) is 109 Å². The van der Waals surface area contributed by atoms with E-state index in [0.29, 0.717) is 12.8 Å². The maximum atomic E-state index is 12.6. The van der Waals surface area contributed by atoms with Crippen molar-refractivity contribution in [2.75, 3.05) is 5.75 Å². The predicted molar refractivity (Wildman–Crippen MR) is 213 cm³/mol. The molecule has 0 fully saturated rings. The fourth-order valence-electron chi connectivity index (χ4n) is 5.89. The molecule has 0 aliphatic rings. The first-order valence-corrected chi connectivity index (χ1v) is 22.1. The van der Waals surface area contributed by atoms with E-state index in [9.17, 15) is 28.0 Å². The number of allylic oxidation sites excluding steroid dienone is 7. The maximum Gasteiger partial charge on any atom is 0.267 e. The Labute approximate surface area is 308 Å². The number of aliphatic hydroxyl groups excluding tert-OH is 2. The first-order chi connectivity index (χ1) is 24.2. The molecule has 0 saturated heterocycles. The van der Waals surface area contributed by atoms with Crippen LogP contribution in [0.15, 0.2) is 48.6 Å². The van der Waals surface area contributed by atoms with Crippen LogP contribution in [0.4, 0.5) is 0 Å². The zero-order valence-corrected chi connectivity index (χ0v) is 32.9. The topological polar surface area (TPSA) is 124 Å². The number of carbonyl (C=O) groups is 1. The molecular weight excluding hydrogens is 647 g/mol. The summed E-state index contributed by atoms with van der Waals surface area (Å²) < 4.78 is 32.5. The summed E-state index contributed by atoms with van der Waals surface area (Å²) in [6.45, 7) is 4.49. The average Bonchev–Trinajstić information content (AvgIpc) is 3.08. The van der Waals surface area contributed by atoms with Gasteiger partial charge in [-0.1, -0.05) is 165 Å². The lowest BCUT2D eigenvalue weighted by Gasteiger charge is -2.22. The largest absolute Gasteiger partial charge is 0.387 e. The summed E-state index contributed by atoms with van der Waals surface area (Å²) in [4.78, 5) is 12.6. The Morgan fingerprint density at radius 1 is 0.540 bits per heavy atom. The summed E-state index contributed by atoms with van der Waals surface area (Å²) in [5, 5.41) is 23.3. The van der Waals surface area contributed by atoms with Gasteiger partial charge in [0.2, 0.25) is 5.91 Å². The Bertz CT molecular complexity index is 990. The molecule has 50 heavy (non-hydrogen) atoms. The SMILES string of the molecule is CCCCCCCC/C=C\CCCCCCCCC(O)C(=O)NC(CS(=O)(=O)O)C(O)/C=C/CC/C=C/CC/C=C/CCCCCCCCC. The second kappa shape index (κ2) is 35.7. The quantitative estimate of drug-likeness (QED) is 0.0290. The fourth-order valence-corrected chi connectivity index (χ4v) is 6.63. The molecule has 4 N–H and O–H groups in total. The van der Waals surface area contributed by atoms with Crippen LogP contribution in [0.2, 0.25) is 0 Å². The Morgan fingerprint density at radius 3 is 1.32 bits per heavy atom. The van der Waals surface area contributed by atoms with Gasteiger partial charge in [-0.05, 0) is 70.6 Å². The van der Waals surface area contributed by atoms with Crippen LogP contribution in [0.1, 0.15) is 187 Å². The zero-order valence-electron chi connectivity index (χ0n) is 32.1. The third-order valence-corrected chi connectivity index (χ3v) is 9.84. The van der Waals surface area contributed by atoms with E-state index in [-0.39, 0.29) is 6.42 Å². The second-order valence-electron chi connectivity index (χ2n) is 14.0. The second-order valence-corrected chi connectivity index (χ2v) is 15.5. The first-order valence-electron chi connectivity index (χ1n) is 20.4. The highest BCUT2D eigenvalue weighted by atomic mass is 32.2. The van der Waals surface area contributed by atoms with E-state index in [4.69, 9.17) is 0 Å². The monoisotopic (exact) mass is 724 g/mol. The molecule has 8 heteroatoms. The van der Waals surface area contributed by atoms with Crippen molar-refractivity contribution in [2.45, 2.75) is 205 Å². The number of rotatable bonds is 36. The number of hydrogen-bond donors (Lipinski definition) is 4. The normalized spacial score (nSPS) is 14.4. The van der Waals surface area contributed by atoms with E-state index in [0.717, 1.165) is 51.4 Å². The van der Waals surface area contributed by atoms with Gasteiger partial charge in [-0.25, -0.2) is 0 Å². The summed E-state index contributed by atoms with van der Waals surface area (Å²) in [7, 11) is -4.46. The highest BCUT2D eigenvalue weighted by Crippen LogP contribution is 2.13. The molecule has 292 valence electrons. The van der Waals surface area contributed by atoms with Gasteiger partial charge in [0.25, 0.3) is 10.1 Å². The Kier molecular flexibility index (Phi) is 34.4. The summed E-state index contributed by atoms with van der Waals surface area (Å²) in [5.41, 5.74) is 0. The third kappa shape index (κ3) is 34.7. The molecule has 0 saturated carbocycles. The fraction of sp³-hybridized carbons (Fsp3) is 0.786. The van der Waals surface area contributed by atoms with Gasteiger partial charge in [0, 0.05) is 0 Å². The summed E-state index contributed by atoms with van der Waals surface area (Å²) in [6, 6.07) is -1.26. The predicted octanol–water partition coefficient (Wildman–Crippen LogP) is 10.9. The van der Waals surface area contributed by atoms with Crippen LogP contribution < -0.4 is 5.32 Å². The molecular formula is C42H77NO6S. The lowest BCUT2D eigenvalue weighted by molar-refractivity contribution is -0.130. The average molecular weight is 724 g/mol. The number of aliphatic hydroxyl groups is 2. The number of carbonyl (C=O) groups excluding carboxylic acids is 1. The number of unbranched alkanes of at least 4 members (excludes halogenated alkanes) is 21. The summed E-state index contributed by atoms with van der Waals surface area (Å²) in [5.74, 6) is -1.57. The number of nitrogens with one attached hydrogen (secondary N) is 1. The molecule has 0 rings (SSSR count). The molecule has 0 aliphatic heterocycles. The third-order valence-electron chi connectivity index (χ3n) is 9.06. The van der Waals surface area contributed by atoms with Crippen molar-refractivity contribution in [2.24, 2.45) is 0 Å². The van der Waals surface area contributed by atoms with Crippen LogP contribution in [0.5, 0.6) is 0 Å². The summed E-state index contributed by atoms with van der Waals surface area (Å²) in [6.07, 6.45) is 44.5. The van der Waals surface area contributed by atoms with Crippen molar-refractivity contribution in [3.8, 4) is 0 Å². The molecule has 3 atom stereocenters. The van der Waals surface area contributed by atoms with E-state index < -0.39 is 40.0 Å². The van der Waals surface area contributed by atoms with Crippen LogP contribution >= 0.6 is 0 Å². The highest BCUT2D eigenvalue weighted by Gasteiger charge is 2.27. The molecule has 0 bridgehead atoms. The van der Waals surface area contributed by atoms with Crippen molar-refractivity contribution in [3.63, 3.8) is 0 Å². The Morgan fingerprint density at radius 2 is 0.900 bits per heavy atom. The molecule has 0 aromatic rings. The van der Waals surface area contributed by atoms with Crippen molar-refractivity contribution in [1.29, 1.82) is 0 Å². The molecule has 3 unspecified atom stereocenters. The van der Waals surface area contributed by atoms with Gasteiger partial charge in [-0.2, -0.15) is 8.42 Å². The van der Waals surface area contributed by atoms with E-state index >= 15 is 0 Å². The molecule has 7 nitrogen and oxygen atoms in total. The minimum atomic E-state index is -4.46. The molecule has 1 amide bonds. The Balaban J connectivity index is 4.15. The molecule has 0 aromatic carbocycles. The smallest absolute Gasteiger partial charge is 0.267 e. The zero-order chi connectivity index (χ0) is 37.0. The lowest BCUT2D eigenvalue weighted by atomic mass is 10.0. The number of hydrogen-bond acceptors (Lipinski definition) is 5. The molecule has 0 heterocycles. The summed E-state index contributed by atoms with van der Waals surface area (Å²) >= 11 is 0. The minimum absolute atomic E-state index is 0.263. The van der Waals surface area contributed by atoms with Crippen molar-refractivity contribution >= 4 is 16.0 Å². The van der Waals surface area contributed by atoms with Gasteiger partial charge in [0.15, 0.2) is 0 Å². The van der Waals surface area contributed by atoms with E-state index in [1.54, 1.807) is 6.08 Å². The van der Waals surface area contributed by atoms with Gasteiger partial charge in [-0.15, -0.1) is 0 Å². The first kappa shape index (κ1) is 48.3. The highest BCUT2D eigenvalue weighted by molar-refractivity contribution is 7.85. The standard InChI is InChI=1S/C42H77NO6S/c1-3-5-7-9-11-13-15-17-19-21-23-24-26-28-30-32-34-36-40(44)39(38-50(47,48)49)43-42(46)41(45)37-35-33-31-29-27-25-22-20-18-16-14-12-10-8-6-4-2/h18-21,26,28,34,36,39-41,44-45H,3-17,22-25,27,29-33,35,37-38H2,1-2H3,(H,43,46)(H,47,48,49)/b20-18-,21-19+,28-26+,36-34+. The van der Waals surface area contributed by atoms with Crippen LogP contribution in [-0.4, -0.2) is 53.1 Å². The van der Waals surface area contributed by atoms with Crippen molar-refractivity contribution in [1.82, 2.24) is 5.32 Å². The van der Waals surface area contributed by atoms with Gasteiger partial charge in [0.1, 0.15) is 6.10 Å². The van der Waals surface area contributed by atoms with Crippen LogP contribution in [0.3, 0.4) is 0 Å². The van der Waals surface area contributed by atoms with Crippen molar-refractivity contribution < 1.29 is 28.0 Å². The van der Waals surface area contributed by atoms with Crippen LogP contribution in [0, 0.1) is 0 Å². The molecule has 0 radical (unpaired) electrons. The van der Waals surface area contributed by atoms with Gasteiger partial charge >= 0.3 is 0 Å². The maximum absolute atomic E-state index is 12.6. The van der Waals surface area contributed by atoms with Gasteiger partial charge < -0.3 is 15.5 Å². The van der Waals surface area contributed by atoms with Gasteiger partial charge in [0.05, 0.1) is 17.9 Å². The molecule has 0 aromatic heterocycles. The van der Waals surface area contributed by atoms with Gasteiger partial charge in [-0.3, -0.25) is 9.35 Å². The van der Waals surface area contributed by atoms with Crippen LogP contribution in [0.25, 0.3) is 0 Å². The lowest BCUT2D eigenvalue weighted by Crippen LogP contribution is -2.50.